The second-order valence-corrected chi connectivity index (χ2v) is 5.59. The normalized spacial score (nSPS) is 27.0. The van der Waals surface area contributed by atoms with Crippen LogP contribution in [0.25, 0.3) is 0 Å². The molecule has 1 unspecified atom stereocenters. The van der Waals surface area contributed by atoms with E-state index < -0.39 is 0 Å². The molecular weight excluding hydrogens is 186 g/mol. The molecule has 1 heterocycles. The molecule has 1 N–H and O–H groups in total. The predicted molar refractivity (Wildman–Crippen MR) is 58.3 cm³/mol. The van der Waals surface area contributed by atoms with E-state index in [4.69, 9.17) is 4.74 Å². The van der Waals surface area contributed by atoms with Gasteiger partial charge in [0.2, 0.25) is 0 Å². The lowest BCUT2D eigenvalue weighted by atomic mass is 9.91. The van der Waals surface area contributed by atoms with Gasteiger partial charge in [0.1, 0.15) is 6.23 Å². The van der Waals surface area contributed by atoms with E-state index in [1.807, 2.05) is 0 Å². The van der Waals surface area contributed by atoms with Gasteiger partial charge in [0.15, 0.2) is 0 Å². The first kappa shape index (κ1) is 13.2. The average Bonchev–Trinajstić information content (AvgIpc) is 2.05. The molecule has 0 amide bonds. The van der Waals surface area contributed by atoms with Gasteiger partial charge in [-0.2, -0.15) is 0 Å². The fourth-order valence-electron chi connectivity index (χ4n) is 1.49. The van der Waals surface area contributed by atoms with Crippen molar-refractivity contribution in [3.05, 3.63) is 0 Å². The zero-order valence-electron chi connectivity index (χ0n) is 9.31. The fourth-order valence-corrected chi connectivity index (χ4v) is 1.49. The molecule has 0 aromatic heterocycles. The Morgan fingerprint density at radius 2 is 1.92 bits per heavy atom. The molecule has 0 radical (unpaired) electrons. The van der Waals surface area contributed by atoms with Gasteiger partial charge in [-0.3, -0.25) is 5.32 Å². The minimum atomic E-state index is 0. The smallest absolute Gasteiger partial charge is 0.109 e. The van der Waals surface area contributed by atoms with Gasteiger partial charge in [-0.1, -0.05) is 20.8 Å². The van der Waals surface area contributed by atoms with Crippen LogP contribution in [0.2, 0.25) is 0 Å². The number of hydrogen-bond acceptors (Lipinski definition) is 2. The molecule has 0 saturated carbocycles. The van der Waals surface area contributed by atoms with E-state index in [9.17, 15) is 0 Å². The van der Waals surface area contributed by atoms with Crippen molar-refractivity contribution < 1.29 is 4.74 Å². The van der Waals surface area contributed by atoms with E-state index in [1.54, 1.807) is 0 Å². The largest absolute Gasteiger partial charge is 0.361 e. The van der Waals surface area contributed by atoms with E-state index in [0.29, 0.717) is 5.41 Å². The highest BCUT2D eigenvalue weighted by Gasteiger charge is 2.32. The summed E-state index contributed by atoms with van der Waals surface area (Å²) in [6.07, 6.45) is 1.33. The van der Waals surface area contributed by atoms with Crippen LogP contribution in [0.4, 0.5) is 0 Å². The van der Waals surface area contributed by atoms with E-state index in [-0.39, 0.29) is 24.2 Å². The second kappa shape index (κ2) is 4.16. The molecule has 1 rings (SSSR count). The Kier molecular flexibility index (Phi) is 4.23. The Balaban J connectivity index is 0.00000144. The summed E-state index contributed by atoms with van der Waals surface area (Å²) in [7, 11) is 0. The molecule has 1 aliphatic rings. The van der Waals surface area contributed by atoms with Gasteiger partial charge in [-0.25, -0.2) is 0 Å². The van der Waals surface area contributed by atoms with E-state index in [1.165, 1.54) is 0 Å². The molecule has 1 atom stereocenters. The van der Waals surface area contributed by atoms with Crippen molar-refractivity contribution >= 4 is 12.4 Å². The third-order valence-corrected chi connectivity index (χ3v) is 1.99. The van der Waals surface area contributed by atoms with Crippen molar-refractivity contribution in [3.8, 4) is 0 Å². The molecule has 1 aliphatic heterocycles. The molecule has 80 valence electrons. The summed E-state index contributed by atoms with van der Waals surface area (Å²) in [6.45, 7) is 11.9. The highest BCUT2D eigenvalue weighted by Crippen LogP contribution is 2.25. The molecule has 0 bridgehead atoms. The van der Waals surface area contributed by atoms with Crippen LogP contribution in [-0.2, 0) is 4.74 Å². The molecule has 0 aromatic rings. The average molecular weight is 208 g/mol. The van der Waals surface area contributed by atoms with E-state index in [2.05, 4.69) is 39.9 Å². The van der Waals surface area contributed by atoms with Gasteiger partial charge in [0, 0.05) is 5.54 Å². The van der Waals surface area contributed by atoms with Crippen molar-refractivity contribution in [1.29, 1.82) is 0 Å². The lowest BCUT2D eigenvalue weighted by molar-refractivity contribution is 0.0649. The zero-order chi connectivity index (χ0) is 9.41. The zero-order valence-corrected chi connectivity index (χ0v) is 10.1. The first-order chi connectivity index (χ1) is 5.29. The van der Waals surface area contributed by atoms with Crippen LogP contribution in [-0.4, -0.2) is 18.4 Å². The van der Waals surface area contributed by atoms with Crippen LogP contribution in [0, 0.1) is 5.41 Å². The van der Waals surface area contributed by atoms with Crippen LogP contribution >= 0.6 is 12.4 Å². The second-order valence-electron chi connectivity index (χ2n) is 5.59. The molecule has 0 aromatic carbocycles. The molecule has 0 spiro atoms. The highest BCUT2D eigenvalue weighted by atomic mass is 35.5. The van der Waals surface area contributed by atoms with Crippen LogP contribution < -0.4 is 5.32 Å². The topological polar surface area (TPSA) is 21.3 Å². The summed E-state index contributed by atoms with van der Waals surface area (Å²) < 4.78 is 5.63. The van der Waals surface area contributed by atoms with E-state index in [0.717, 1.165) is 13.0 Å². The summed E-state index contributed by atoms with van der Waals surface area (Å²) in [4.78, 5) is 0. The van der Waals surface area contributed by atoms with Crippen molar-refractivity contribution in [3.63, 3.8) is 0 Å². The first-order valence-electron chi connectivity index (χ1n) is 4.68. The van der Waals surface area contributed by atoms with Crippen molar-refractivity contribution in [1.82, 2.24) is 5.32 Å². The van der Waals surface area contributed by atoms with Crippen LogP contribution in [0.5, 0.6) is 0 Å². The summed E-state index contributed by atoms with van der Waals surface area (Å²) in [5.74, 6) is 0. The molecule has 0 aliphatic carbocycles. The van der Waals surface area contributed by atoms with Gasteiger partial charge >= 0.3 is 0 Å². The summed E-state index contributed by atoms with van der Waals surface area (Å²) in [5, 5.41) is 3.46. The Labute approximate surface area is 87.8 Å². The Morgan fingerprint density at radius 3 is 2.23 bits per heavy atom. The summed E-state index contributed by atoms with van der Waals surface area (Å²) >= 11 is 0. The van der Waals surface area contributed by atoms with Crippen molar-refractivity contribution in [2.24, 2.45) is 5.41 Å². The lowest BCUT2D eigenvalue weighted by Crippen LogP contribution is -2.40. The van der Waals surface area contributed by atoms with Crippen LogP contribution in [0.1, 0.15) is 41.0 Å². The number of halogens is 1. The maximum Gasteiger partial charge on any atom is 0.109 e. The summed E-state index contributed by atoms with van der Waals surface area (Å²) in [5.41, 5.74) is 0.508. The van der Waals surface area contributed by atoms with Gasteiger partial charge in [0.05, 0.1) is 6.61 Å². The Bertz CT molecular complexity index is 163. The SMILES string of the molecule is CC(C)(C)CC1NC(C)(C)CO1.Cl. The van der Waals surface area contributed by atoms with Gasteiger partial charge in [-0.15, -0.1) is 12.4 Å². The standard InChI is InChI=1S/C10H21NO.ClH/c1-9(2,3)6-8-11-10(4,5)7-12-8;/h8,11H,6-7H2,1-5H3;1H. The van der Waals surface area contributed by atoms with Crippen molar-refractivity contribution in [2.45, 2.75) is 52.8 Å². The summed E-state index contributed by atoms with van der Waals surface area (Å²) in [6, 6.07) is 0. The maximum absolute atomic E-state index is 5.63. The molecule has 1 fully saturated rings. The number of nitrogens with one attached hydrogen (secondary N) is 1. The van der Waals surface area contributed by atoms with Crippen LogP contribution in [0.3, 0.4) is 0 Å². The van der Waals surface area contributed by atoms with Gasteiger partial charge < -0.3 is 4.74 Å². The Morgan fingerprint density at radius 1 is 1.38 bits per heavy atom. The highest BCUT2D eigenvalue weighted by molar-refractivity contribution is 5.85. The third-order valence-electron chi connectivity index (χ3n) is 1.99. The number of ether oxygens (including phenoxy) is 1. The quantitative estimate of drug-likeness (QED) is 0.714. The van der Waals surface area contributed by atoms with Gasteiger partial charge in [-0.05, 0) is 25.7 Å². The molecule has 3 heteroatoms. The predicted octanol–water partition coefficient (Wildman–Crippen LogP) is 2.57. The lowest BCUT2D eigenvalue weighted by Gasteiger charge is -2.24. The van der Waals surface area contributed by atoms with Crippen LogP contribution in [0.15, 0.2) is 0 Å². The monoisotopic (exact) mass is 207 g/mol. The number of rotatable bonds is 1. The maximum atomic E-state index is 5.63. The molecule has 13 heavy (non-hydrogen) atoms. The molecule has 1 saturated heterocycles. The molecule has 2 nitrogen and oxygen atoms in total. The number of hydrogen-bond donors (Lipinski definition) is 1. The third kappa shape index (κ3) is 4.84. The van der Waals surface area contributed by atoms with E-state index >= 15 is 0 Å². The first-order valence-corrected chi connectivity index (χ1v) is 4.68. The Hall–Kier alpha value is 0.210. The fraction of sp³-hybridized carbons (Fsp3) is 1.00. The molecular formula is C10H22ClNO. The van der Waals surface area contributed by atoms with Gasteiger partial charge in [0.25, 0.3) is 0 Å². The van der Waals surface area contributed by atoms with Crippen molar-refractivity contribution in [2.75, 3.05) is 6.61 Å². The minimum absolute atomic E-state index is 0. The minimum Gasteiger partial charge on any atom is -0.361 e.